The van der Waals surface area contributed by atoms with Gasteiger partial charge in [0.1, 0.15) is 16.9 Å². The second-order valence-electron chi connectivity index (χ2n) is 4.87. The van der Waals surface area contributed by atoms with Crippen LogP contribution in [0.2, 0.25) is 0 Å². The molecule has 1 aliphatic rings. The summed E-state index contributed by atoms with van der Waals surface area (Å²) in [6, 6.07) is 2.59. The molecule has 0 aliphatic heterocycles. The molecule has 3 rings (SSSR count). The first-order chi connectivity index (χ1) is 9.06. The van der Waals surface area contributed by atoms with Gasteiger partial charge in [-0.1, -0.05) is 0 Å². The molecule has 19 heavy (non-hydrogen) atoms. The number of aromatic carboxylic acids is 1. The molecule has 4 nitrogen and oxygen atoms in total. The van der Waals surface area contributed by atoms with Crippen LogP contribution in [0, 0.1) is 18.7 Å². The molecule has 1 aliphatic carbocycles. The van der Waals surface area contributed by atoms with E-state index in [1.54, 1.807) is 6.92 Å². The largest absolute Gasteiger partial charge is 0.490 e. The number of hydrogen-bond acceptors (Lipinski definition) is 3. The molecule has 1 N–H and O–H groups in total. The molecular formula is C14H13FO4. The number of aryl methyl sites for hydroxylation is 1. The molecule has 1 aromatic carbocycles. The average molecular weight is 264 g/mol. The Morgan fingerprint density at radius 3 is 2.89 bits per heavy atom. The minimum absolute atomic E-state index is 0.0614. The quantitative estimate of drug-likeness (QED) is 0.919. The fraction of sp³-hybridized carbons (Fsp3) is 0.357. The van der Waals surface area contributed by atoms with Crippen molar-refractivity contribution in [2.45, 2.75) is 19.8 Å². The fourth-order valence-corrected chi connectivity index (χ4v) is 2.09. The van der Waals surface area contributed by atoms with E-state index in [0.717, 1.165) is 12.8 Å². The maximum Gasteiger partial charge on any atom is 0.339 e. The molecule has 0 saturated heterocycles. The average Bonchev–Trinajstić information content (AvgIpc) is 3.09. The van der Waals surface area contributed by atoms with Gasteiger partial charge >= 0.3 is 5.97 Å². The summed E-state index contributed by atoms with van der Waals surface area (Å²) in [6.07, 6.45) is 2.21. The van der Waals surface area contributed by atoms with E-state index in [2.05, 4.69) is 0 Å². The van der Waals surface area contributed by atoms with Gasteiger partial charge in [0.25, 0.3) is 0 Å². The van der Waals surface area contributed by atoms with Crippen LogP contribution < -0.4 is 4.74 Å². The molecule has 1 saturated carbocycles. The van der Waals surface area contributed by atoms with Crippen molar-refractivity contribution in [1.29, 1.82) is 0 Å². The van der Waals surface area contributed by atoms with Crippen LogP contribution in [-0.2, 0) is 0 Å². The van der Waals surface area contributed by atoms with Gasteiger partial charge in [-0.25, -0.2) is 9.18 Å². The van der Waals surface area contributed by atoms with Crippen molar-refractivity contribution in [3.05, 3.63) is 29.3 Å². The summed E-state index contributed by atoms with van der Waals surface area (Å²) in [5.74, 6) is -0.765. The second kappa shape index (κ2) is 4.26. The lowest BCUT2D eigenvalue weighted by Gasteiger charge is -2.06. The van der Waals surface area contributed by atoms with Crippen LogP contribution in [0.1, 0.15) is 29.0 Å². The number of rotatable bonds is 4. The summed E-state index contributed by atoms with van der Waals surface area (Å²) in [6.45, 7) is 2.02. The van der Waals surface area contributed by atoms with Gasteiger partial charge in [0.15, 0.2) is 11.6 Å². The Balaban J connectivity index is 2.04. The molecule has 1 fully saturated rings. The van der Waals surface area contributed by atoms with E-state index in [-0.39, 0.29) is 22.7 Å². The van der Waals surface area contributed by atoms with E-state index in [1.165, 1.54) is 12.1 Å². The first-order valence-electron chi connectivity index (χ1n) is 6.15. The molecule has 100 valence electrons. The maximum atomic E-state index is 13.8. The van der Waals surface area contributed by atoms with Crippen LogP contribution in [-0.4, -0.2) is 17.7 Å². The number of hydrogen-bond donors (Lipinski definition) is 1. The number of furan rings is 1. The summed E-state index contributed by atoms with van der Waals surface area (Å²) in [4.78, 5) is 11.2. The monoisotopic (exact) mass is 264 g/mol. The van der Waals surface area contributed by atoms with E-state index < -0.39 is 11.8 Å². The highest BCUT2D eigenvalue weighted by molar-refractivity contribution is 6.04. The smallest absolute Gasteiger partial charge is 0.339 e. The third-order valence-electron chi connectivity index (χ3n) is 3.30. The van der Waals surface area contributed by atoms with Gasteiger partial charge in [0.05, 0.1) is 6.61 Å². The van der Waals surface area contributed by atoms with Crippen LogP contribution in [0.3, 0.4) is 0 Å². The summed E-state index contributed by atoms with van der Waals surface area (Å²) in [7, 11) is 0. The molecule has 0 radical (unpaired) electrons. The van der Waals surface area contributed by atoms with Gasteiger partial charge in [-0.15, -0.1) is 0 Å². The number of carboxylic acids is 1. The highest BCUT2D eigenvalue weighted by Crippen LogP contribution is 2.33. The van der Waals surface area contributed by atoms with Crippen molar-refractivity contribution in [3.63, 3.8) is 0 Å². The Bertz CT molecular complexity index is 655. The SMILES string of the molecule is Cc1oc2cc(F)c(OCC3CC3)cc2c1C(=O)O. The van der Waals surface area contributed by atoms with Crippen molar-refractivity contribution in [2.75, 3.05) is 6.61 Å². The summed E-state index contributed by atoms with van der Waals surface area (Å²) >= 11 is 0. The number of halogens is 1. The third-order valence-corrected chi connectivity index (χ3v) is 3.30. The molecule has 2 aromatic rings. The molecule has 0 bridgehead atoms. The Morgan fingerprint density at radius 1 is 1.53 bits per heavy atom. The fourth-order valence-electron chi connectivity index (χ4n) is 2.09. The molecule has 0 atom stereocenters. The Labute approximate surface area is 108 Å². The van der Waals surface area contributed by atoms with Gasteiger partial charge in [-0.3, -0.25) is 0 Å². The third kappa shape index (κ3) is 2.16. The molecular weight excluding hydrogens is 251 g/mol. The number of fused-ring (bicyclic) bond motifs is 1. The molecule has 1 heterocycles. The first kappa shape index (κ1) is 12.0. The van der Waals surface area contributed by atoms with E-state index in [1.807, 2.05) is 0 Å². The lowest BCUT2D eigenvalue weighted by Crippen LogP contribution is -2.01. The van der Waals surface area contributed by atoms with Gasteiger partial charge < -0.3 is 14.3 Å². The second-order valence-corrected chi connectivity index (χ2v) is 4.87. The highest BCUT2D eigenvalue weighted by atomic mass is 19.1. The van der Waals surface area contributed by atoms with E-state index in [4.69, 9.17) is 14.3 Å². The Hall–Kier alpha value is -2.04. The zero-order valence-corrected chi connectivity index (χ0v) is 10.4. The Morgan fingerprint density at radius 2 is 2.26 bits per heavy atom. The molecule has 0 spiro atoms. The predicted molar refractivity (Wildman–Crippen MR) is 66.1 cm³/mol. The van der Waals surface area contributed by atoms with E-state index in [9.17, 15) is 9.18 Å². The summed E-state index contributed by atoms with van der Waals surface area (Å²) in [5, 5.41) is 9.52. The topological polar surface area (TPSA) is 59.7 Å². The van der Waals surface area contributed by atoms with Crippen molar-refractivity contribution in [1.82, 2.24) is 0 Å². The lowest BCUT2D eigenvalue weighted by atomic mass is 10.1. The van der Waals surface area contributed by atoms with Crippen molar-refractivity contribution in [2.24, 2.45) is 5.92 Å². The number of carbonyl (C=O) groups is 1. The molecule has 5 heteroatoms. The van der Waals surface area contributed by atoms with Crippen LogP contribution in [0.4, 0.5) is 4.39 Å². The summed E-state index contributed by atoms with van der Waals surface area (Å²) < 4.78 is 24.5. The van der Waals surface area contributed by atoms with E-state index >= 15 is 0 Å². The van der Waals surface area contributed by atoms with Crippen LogP contribution in [0.5, 0.6) is 5.75 Å². The van der Waals surface area contributed by atoms with Gasteiger partial charge in [-0.2, -0.15) is 0 Å². The molecule has 1 aromatic heterocycles. The van der Waals surface area contributed by atoms with Crippen LogP contribution >= 0.6 is 0 Å². The predicted octanol–water partition coefficient (Wildman–Crippen LogP) is 3.37. The number of benzene rings is 1. The zero-order valence-electron chi connectivity index (χ0n) is 10.4. The van der Waals surface area contributed by atoms with Crippen LogP contribution in [0.15, 0.2) is 16.5 Å². The minimum atomic E-state index is -1.09. The van der Waals surface area contributed by atoms with Crippen molar-refractivity contribution < 1.29 is 23.4 Å². The minimum Gasteiger partial charge on any atom is -0.490 e. The summed E-state index contributed by atoms with van der Waals surface area (Å²) in [5.41, 5.74) is 0.289. The van der Waals surface area contributed by atoms with E-state index in [0.29, 0.717) is 17.9 Å². The lowest BCUT2D eigenvalue weighted by molar-refractivity contribution is 0.0697. The molecule has 0 amide bonds. The highest BCUT2D eigenvalue weighted by Gasteiger charge is 2.24. The number of ether oxygens (including phenoxy) is 1. The van der Waals surface area contributed by atoms with Crippen LogP contribution in [0.25, 0.3) is 11.0 Å². The normalized spacial score (nSPS) is 14.8. The van der Waals surface area contributed by atoms with Crippen molar-refractivity contribution >= 4 is 16.9 Å². The standard InChI is InChI=1S/C14H13FO4/c1-7-13(14(16)17)9-4-12(18-6-8-2-3-8)10(15)5-11(9)19-7/h4-5,8H,2-3,6H2,1H3,(H,16,17). The number of carboxylic acid groups (broad SMARTS) is 1. The first-order valence-corrected chi connectivity index (χ1v) is 6.15. The van der Waals surface area contributed by atoms with Gasteiger partial charge in [0, 0.05) is 11.5 Å². The zero-order chi connectivity index (χ0) is 13.6. The maximum absolute atomic E-state index is 13.8. The molecule has 0 unspecified atom stereocenters. The Kier molecular flexibility index (Phi) is 2.69. The van der Waals surface area contributed by atoms with Gasteiger partial charge in [0.2, 0.25) is 0 Å². The van der Waals surface area contributed by atoms with Crippen molar-refractivity contribution in [3.8, 4) is 5.75 Å². The van der Waals surface area contributed by atoms with Gasteiger partial charge in [-0.05, 0) is 31.7 Å².